The Balaban J connectivity index is 2.18. The molecule has 0 atom stereocenters. The highest BCUT2D eigenvalue weighted by atomic mass is 79.9. The molecular weight excluding hydrogens is 308 g/mol. The van der Waals surface area contributed by atoms with Gasteiger partial charge in [0.15, 0.2) is 0 Å². The minimum absolute atomic E-state index is 0.161. The Kier molecular flexibility index (Phi) is 4.16. The molecule has 19 heavy (non-hydrogen) atoms. The third kappa shape index (κ3) is 3.32. The Bertz CT molecular complexity index is 597. The Morgan fingerprint density at radius 3 is 2.74 bits per heavy atom. The third-order valence-corrected chi connectivity index (χ3v) is 3.14. The molecule has 0 saturated carbocycles. The van der Waals surface area contributed by atoms with Crippen LogP contribution in [-0.2, 0) is 0 Å². The van der Waals surface area contributed by atoms with Gasteiger partial charge in [-0.05, 0) is 30.7 Å². The molecule has 0 saturated heterocycles. The zero-order chi connectivity index (χ0) is 13.8. The van der Waals surface area contributed by atoms with Gasteiger partial charge < -0.3 is 10.1 Å². The van der Waals surface area contributed by atoms with E-state index >= 15 is 0 Å². The normalized spacial score (nSPS) is 10.1. The van der Waals surface area contributed by atoms with E-state index in [0.29, 0.717) is 17.1 Å². The van der Waals surface area contributed by atoms with Gasteiger partial charge in [-0.3, -0.25) is 4.79 Å². The fourth-order valence-electron chi connectivity index (χ4n) is 1.61. The minimum Gasteiger partial charge on any atom is -0.481 e. The molecule has 5 heteroatoms. The summed E-state index contributed by atoms with van der Waals surface area (Å²) in [5.74, 6) is 0.349. The quantitative estimate of drug-likeness (QED) is 0.942. The highest BCUT2D eigenvalue weighted by Gasteiger charge is 2.10. The van der Waals surface area contributed by atoms with E-state index in [1.165, 1.54) is 0 Å². The van der Waals surface area contributed by atoms with Crippen LogP contribution in [0.25, 0.3) is 0 Å². The lowest BCUT2D eigenvalue weighted by molar-refractivity contribution is 0.102. The predicted octanol–water partition coefficient (Wildman–Crippen LogP) is 3.41. The standard InChI is InChI=1S/C14H13BrN2O2/c1-9-3-4-10(15)7-12(9)14(18)17-11-5-6-13(19-2)16-8-11/h3-8H,1-2H3,(H,17,18). The molecular formula is C14H13BrN2O2. The highest BCUT2D eigenvalue weighted by molar-refractivity contribution is 9.10. The average Bonchev–Trinajstić information content (AvgIpc) is 2.42. The second-order valence-corrected chi connectivity index (χ2v) is 4.92. The van der Waals surface area contributed by atoms with Crippen molar-refractivity contribution in [3.63, 3.8) is 0 Å². The van der Waals surface area contributed by atoms with E-state index in [-0.39, 0.29) is 5.91 Å². The number of carbonyl (C=O) groups excluding carboxylic acids is 1. The van der Waals surface area contributed by atoms with Crippen LogP contribution in [0.15, 0.2) is 41.0 Å². The Morgan fingerprint density at radius 2 is 2.11 bits per heavy atom. The molecule has 1 N–H and O–H groups in total. The van der Waals surface area contributed by atoms with E-state index in [4.69, 9.17) is 4.74 Å². The molecule has 0 aliphatic rings. The number of carbonyl (C=O) groups is 1. The molecule has 0 bridgehead atoms. The number of hydrogen-bond acceptors (Lipinski definition) is 3. The van der Waals surface area contributed by atoms with Crippen LogP contribution in [0.4, 0.5) is 5.69 Å². The van der Waals surface area contributed by atoms with E-state index in [1.54, 1.807) is 31.5 Å². The first-order chi connectivity index (χ1) is 9.10. The van der Waals surface area contributed by atoms with Crippen LogP contribution in [0.1, 0.15) is 15.9 Å². The number of rotatable bonds is 3. The van der Waals surface area contributed by atoms with E-state index in [2.05, 4.69) is 26.2 Å². The van der Waals surface area contributed by atoms with Gasteiger partial charge in [0.25, 0.3) is 5.91 Å². The first-order valence-electron chi connectivity index (χ1n) is 5.67. The minimum atomic E-state index is -0.161. The summed E-state index contributed by atoms with van der Waals surface area (Å²) in [5.41, 5.74) is 2.18. The van der Waals surface area contributed by atoms with Gasteiger partial charge in [-0.2, -0.15) is 0 Å². The summed E-state index contributed by atoms with van der Waals surface area (Å²) in [5, 5.41) is 2.80. The van der Waals surface area contributed by atoms with E-state index in [0.717, 1.165) is 10.0 Å². The molecule has 4 nitrogen and oxygen atoms in total. The summed E-state index contributed by atoms with van der Waals surface area (Å²) in [6.45, 7) is 1.90. The number of hydrogen-bond donors (Lipinski definition) is 1. The molecule has 1 aromatic heterocycles. The highest BCUT2D eigenvalue weighted by Crippen LogP contribution is 2.18. The SMILES string of the molecule is COc1ccc(NC(=O)c2cc(Br)ccc2C)cn1. The summed E-state index contributed by atoms with van der Waals surface area (Å²) >= 11 is 3.36. The van der Waals surface area contributed by atoms with Crippen molar-refractivity contribution >= 4 is 27.5 Å². The van der Waals surface area contributed by atoms with Gasteiger partial charge in [0.05, 0.1) is 19.0 Å². The average molecular weight is 321 g/mol. The molecule has 98 valence electrons. The van der Waals surface area contributed by atoms with Crippen LogP contribution in [0, 0.1) is 6.92 Å². The fraction of sp³-hybridized carbons (Fsp3) is 0.143. The number of nitrogens with one attached hydrogen (secondary N) is 1. The molecule has 0 aliphatic carbocycles. The maximum atomic E-state index is 12.2. The topological polar surface area (TPSA) is 51.2 Å². The van der Waals surface area contributed by atoms with Crippen molar-refractivity contribution in [1.29, 1.82) is 0 Å². The van der Waals surface area contributed by atoms with Crippen molar-refractivity contribution in [2.45, 2.75) is 6.92 Å². The zero-order valence-electron chi connectivity index (χ0n) is 10.6. The lowest BCUT2D eigenvalue weighted by atomic mass is 10.1. The third-order valence-electron chi connectivity index (χ3n) is 2.65. The molecule has 0 spiro atoms. The van der Waals surface area contributed by atoms with Crippen molar-refractivity contribution in [1.82, 2.24) is 4.98 Å². The van der Waals surface area contributed by atoms with Gasteiger partial charge >= 0.3 is 0 Å². The van der Waals surface area contributed by atoms with Crippen LogP contribution >= 0.6 is 15.9 Å². The number of halogens is 1. The van der Waals surface area contributed by atoms with Crippen LogP contribution < -0.4 is 10.1 Å². The number of ether oxygens (including phenoxy) is 1. The largest absolute Gasteiger partial charge is 0.481 e. The number of methoxy groups -OCH3 is 1. The number of pyridine rings is 1. The lowest BCUT2D eigenvalue weighted by Crippen LogP contribution is -2.13. The van der Waals surface area contributed by atoms with Gasteiger partial charge in [-0.1, -0.05) is 22.0 Å². The summed E-state index contributed by atoms with van der Waals surface area (Å²) in [7, 11) is 1.55. The van der Waals surface area contributed by atoms with Crippen molar-refractivity contribution in [3.8, 4) is 5.88 Å². The van der Waals surface area contributed by atoms with Gasteiger partial charge in [0.2, 0.25) is 5.88 Å². The number of amides is 1. The van der Waals surface area contributed by atoms with Gasteiger partial charge in [-0.25, -0.2) is 4.98 Å². The fourth-order valence-corrected chi connectivity index (χ4v) is 1.97. The van der Waals surface area contributed by atoms with Crippen molar-refractivity contribution in [3.05, 3.63) is 52.1 Å². The Hall–Kier alpha value is -1.88. The maximum Gasteiger partial charge on any atom is 0.256 e. The second kappa shape index (κ2) is 5.84. The van der Waals surface area contributed by atoms with Crippen LogP contribution in [0.5, 0.6) is 5.88 Å². The van der Waals surface area contributed by atoms with Crippen molar-refractivity contribution < 1.29 is 9.53 Å². The van der Waals surface area contributed by atoms with E-state index < -0.39 is 0 Å². The molecule has 0 fully saturated rings. The van der Waals surface area contributed by atoms with Crippen LogP contribution in [0.3, 0.4) is 0 Å². The maximum absolute atomic E-state index is 12.2. The molecule has 0 aliphatic heterocycles. The zero-order valence-corrected chi connectivity index (χ0v) is 12.2. The molecule has 0 unspecified atom stereocenters. The smallest absolute Gasteiger partial charge is 0.256 e. The number of nitrogens with zero attached hydrogens (tertiary/aromatic N) is 1. The van der Waals surface area contributed by atoms with Crippen LogP contribution in [0.2, 0.25) is 0 Å². The van der Waals surface area contributed by atoms with Gasteiger partial charge in [0.1, 0.15) is 0 Å². The molecule has 1 heterocycles. The first-order valence-corrected chi connectivity index (χ1v) is 6.47. The lowest BCUT2D eigenvalue weighted by Gasteiger charge is -2.08. The predicted molar refractivity (Wildman–Crippen MR) is 77.6 cm³/mol. The number of aryl methyl sites for hydroxylation is 1. The second-order valence-electron chi connectivity index (χ2n) is 4.00. The van der Waals surface area contributed by atoms with Gasteiger partial charge in [0, 0.05) is 16.1 Å². The molecule has 1 aromatic carbocycles. The summed E-state index contributed by atoms with van der Waals surface area (Å²) in [6, 6.07) is 9.04. The van der Waals surface area contributed by atoms with Crippen LogP contribution in [-0.4, -0.2) is 18.0 Å². The van der Waals surface area contributed by atoms with Crippen molar-refractivity contribution in [2.24, 2.45) is 0 Å². The summed E-state index contributed by atoms with van der Waals surface area (Å²) in [4.78, 5) is 16.2. The molecule has 2 rings (SSSR count). The summed E-state index contributed by atoms with van der Waals surface area (Å²) < 4.78 is 5.84. The number of aromatic nitrogens is 1. The molecule has 2 aromatic rings. The molecule has 1 amide bonds. The summed E-state index contributed by atoms with van der Waals surface area (Å²) in [6.07, 6.45) is 1.56. The Labute approximate surface area is 119 Å². The number of anilines is 1. The Morgan fingerprint density at radius 1 is 1.32 bits per heavy atom. The molecule has 0 radical (unpaired) electrons. The number of benzene rings is 1. The monoisotopic (exact) mass is 320 g/mol. The van der Waals surface area contributed by atoms with Gasteiger partial charge in [-0.15, -0.1) is 0 Å². The van der Waals surface area contributed by atoms with E-state index in [1.807, 2.05) is 19.1 Å². The van der Waals surface area contributed by atoms with E-state index in [9.17, 15) is 4.79 Å². The van der Waals surface area contributed by atoms with Crippen molar-refractivity contribution in [2.75, 3.05) is 12.4 Å². The first kappa shape index (κ1) is 13.5.